The Kier molecular flexibility index (Phi) is 6.47. The SMILES string of the molecule is Cc1c(C(=O)Nc2cc(Cl)cc(Cl)c2)oc2c1/C(=N/NS(=O)(=O)c1ccc(F)cc1)CCC2. The fourth-order valence-corrected chi connectivity index (χ4v) is 4.95. The standard InChI is InChI=1S/C22H18Cl2FN3O4S/c1-12-20-18(27-28-33(30,31)17-7-5-15(25)6-8-17)3-2-4-19(20)32-21(12)22(29)26-16-10-13(23)9-14(24)11-16/h5-11,28H,2-4H2,1H3,(H,26,29)/b27-18+. The number of hydrazone groups is 1. The number of carbonyl (C=O) groups is 1. The maximum atomic E-state index is 13.1. The molecule has 1 aliphatic carbocycles. The van der Waals surface area contributed by atoms with Gasteiger partial charge in [0, 0.05) is 33.3 Å². The number of aryl methyl sites for hydroxylation is 1. The Hall–Kier alpha value is -2.88. The summed E-state index contributed by atoms with van der Waals surface area (Å²) >= 11 is 12.0. The molecule has 0 aliphatic heterocycles. The van der Waals surface area contributed by atoms with Crippen molar-refractivity contribution in [2.75, 3.05) is 5.32 Å². The highest BCUT2D eigenvalue weighted by Crippen LogP contribution is 2.31. The van der Waals surface area contributed by atoms with Crippen LogP contribution in [-0.2, 0) is 16.4 Å². The summed E-state index contributed by atoms with van der Waals surface area (Å²) in [6, 6.07) is 9.07. The second-order valence-electron chi connectivity index (χ2n) is 7.43. The van der Waals surface area contributed by atoms with E-state index < -0.39 is 21.7 Å². The molecule has 0 fully saturated rings. The first-order valence-corrected chi connectivity index (χ1v) is 12.1. The van der Waals surface area contributed by atoms with Gasteiger partial charge in [-0.25, -0.2) is 4.39 Å². The van der Waals surface area contributed by atoms with Gasteiger partial charge >= 0.3 is 0 Å². The molecule has 2 N–H and O–H groups in total. The zero-order valence-corrected chi connectivity index (χ0v) is 19.6. The van der Waals surface area contributed by atoms with Crippen LogP contribution in [-0.4, -0.2) is 20.0 Å². The Labute approximate surface area is 199 Å². The van der Waals surface area contributed by atoms with Crippen LogP contribution in [0.5, 0.6) is 0 Å². The normalized spacial score (nSPS) is 14.7. The molecule has 0 saturated carbocycles. The van der Waals surface area contributed by atoms with Gasteiger partial charge in [-0.05, 0) is 62.2 Å². The number of furan rings is 1. The van der Waals surface area contributed by atoms with Crippen LogP contribution in [0.3, 0.4) is 0 Å². The highest BCUT2D eigenvalue weighted by Gasteiger charge is 2.28. The molecule has 0 bridgehead atoms. The van der Waals surface area contributed by atoms with Crippen LogP contribution in [0.2, 0.25) is 10.0 Å². The molecule has 0 saturated heterocycles. The Morgan fingerprint density at radius 2 is 1.76 bits per heavy atom. The van der Waals surface area contributed by atoms with Gasteiger partial charge in [0.05, 0.1) is 10.6 Å². The Balaban J connectivity index is 1.60. The van der Waals surface area contributed by atoms with Crippen molar-refractivity contribution in [2.24, 2.45) is 5.10 Å². The molecule has 0 atom stereocenters. The van der Waals surface area contributed by atoms with E-state index in [1.165, 1.54) is 0 Å². The van der Waals surface area contributed by atoms with Gasteiger partial charge in [-0.2, -0.15) is 18.4 Å². The summed E-state index contributed by atoms with van der Waals surface area (Å²) in [5, 5.41) is 7.54. The number of benzene rings is 2. The van der Waals surface area contributed by atoms with Crippen molar-refractivity contribution in [3.05, 3.63) is 81.0 Å². The zero-order chi connectivity index (χ0) is 23.8. The van der Waals surface area contributed by atoms with Crippen LogP contribution < -0.4 is 10.1 Å². The van der Waals surface area contributed by atoms with Gasteiger partial charge in [-0.1, -0.05) is 23.2 Å². The number of fused-ring (bicyclic) bond motifs is 1. The number of sulfonamides is 1. The number of hydrogen-bond donors (Lipinski definition) is 2. The zero-order valence-electron chi connectivity index (χ0n) is 17.3. The van der Waals surface area contributed by atoms with E-state index in [0.717, 1.165) is 24.3 Å². The molecule has 0 spiro atoms. The van der Waals surface area contributed by atoms with Crippen LogP contribution in [0.1, 0.15) is 40.3 Å². The Morgan fingerprint density at radius 3 is 2.42 bits per heavy atom. The van der Waals surface area contributed by atoms with Crippen LogP contribution in [0.25, 0.3) is 0 Å². The van der Waals surface area contributed by atoms with E-state index in [1.54, 1.807) is 25.1 Å². The van der Waals surface area contributed by atoms with Gasteiger partial charge in [0.25, 0.3) is 15.9 Å². The lowest BCUT2D eigenvalue weighted by Gasteiger charge is -2.14. The molecule has 1 aliphatic rings. The molecule has 1 amide bonds. The predicted octanol–water partition coefficient (Wildman–Crippen LogP) is 5.31. The first-order chi connectivity index (χ1) is 15.6. The van der Waals surface area contributed by atoms with E-state index in [-0.39, 0.29) is 10.7 Å². The maximum Gasteiger partial charge on any atom is 0.291 e. The maximum absolute atomic E-state index is 13.1. The summed E-state index contributed by atoms with van der Waals surface area (Å²) in [5.41, 5.74) is 1.99. The van der Waals surface area contributed by atoms with Crippen molar-refractivity contribution in [3.8, 4) is 0 Å². The molecule has 2 aromatic carbocycles. The Bertz CT molecular complexity index is 1350. The van der Waals surface area contributed by atoms with E-state index >= 15 is 0 Å². The van der Waals surface area contributed by atoms with Gasteiger partial charge in [0.15, 0.2) is 5.76 Å². The van der Waals surface area contributed by atoms with Gasteiger partial charge in [0.2, 0.25) is 0 Å². The van der Waals surface area contributed by atoms with Gasteiger partial charge in [-0.15, -0.1) is 0 Å². The smallest absolute Gasteiger partial charge is 0.291 e. The van der Waals surface area contributed by atoms with Crippen molar-refractivity contribution < 1.29 is 22.0 Å². The van der Waals surface area contributed by atoms with E-state index in [0.29, 0.717) is 57.6 Å². The first kappa shape index (κ1) is 23.3. The number of nitrogens with zero attached hydrogens (tertiary/aromatic N) is 1. The number of hydrogen-bond acceptors (Lipinski definition) is 5. The highest BCUT2D eigenvalue weighted by atomic mass is 35.5. The molecule has 0 unspecified atom stereocenters. The summed E-state index contributed by atoms with van der Waals surface area (Å²) in [7, 11) is -3.99. The minimum absolute atomic E-state index is 0.0899. The highest BCUT2D eigenvalue weighted by molar-refractivity contribution is 7.89. The molecule has 33 heavy (non-hydrogen) atoms. The lowest BCUT2D eigenvalue weighted by Crippen LogP contribution is -2.22. The topological polar surface area (TPSA) is 101 Å². The van der Waals surface area contributed by atoms with Crippen molar-refractivity contribution in [2.45, 2.75) is 31.1 Å². The second-order valence-corrected chi connectivity index (χ2v) is 9.96. The fourth-order valence-electron chi connectivity index (χ4n) is 3.59. The fraction of sp³-hybridized carbons (Fsp3) is 0.182. The molecular formula is C22H18Cl2FN3O4S. The van der Waals surface area contributed by atoms with E-state index in [4.69, 9.17) is 27.6 Å². The molecule has 4 rings (SSSR count). The van der Waals surface area contributed by atoms with Crippen LogP contribution >= 0.6 is 23.2 Å². The van der Waals surface area contributed by atoms with Crippen LogP contribution in [0.4, 0.5) is 10.1 Å². The summed E-state index contributed by atoms with van der Waals surface area (Å²) in [6.45, 7) is 1.71. The second kappa shape index (κ2) is 9.17. The lowest BCUT2D eigenvalue weighted by atomic mass is 9.93. The number of amides is 1. The largest absolute Gasteiger partial charge is 0.455 e. The summed E-state index contributed by atoms with van der Waals surface area (Å²) < 4.78 is 43.9. The van der Waals surface area contributed by atoms with Gasteiger partial charge in [0.1, 0.15) is 11.6 Å². The summed E-state index contributed by atoms with van der Waals surface area (Å²) in [4.78, 5) is 14.9. The molecule has 172 valence electrons. The summed E-state index contributed by atoms with van der Waals surface area (Å²) in [5.74, 6) is -0.400. The van der Waals surface area contributed by atoms with E-state index in [2.05, 4.69) is 15.2 Å². The number of carbonyl (C=O) groups excluding carboxylic acids is 1. The minimum atomic E-state index is -3.99. The average molecular weight is 510 g/mol. The molecule has 11 heteroatoms. The third-order valence-corrected chi connectivity index (χ3v) is 6.74. The van der Waals surface area contributed by atoms with E-state index in [9.17, 15) is 17.6 Å². The minimum Gasteiger partial charge on any atom is -0.455 e. The molecule has 1 aromatic heterocycles. The third-order valence-electron chi connectivity index (χ3n) is 5.08. The lowest BCUT2D eigenvalue weighted by molar-refractivity contribution is 0.0994. The van der Waals surface area contributed by atoms with Crippen molar-refractivity contribution >= 4 is 50.5 Å². The monoisotopic (exact) mass is 509 g/mol. The Morgan fingerprint density at radius 1 is 1.09 bits per heavy atom. The molecule has 1 heterocycles. The quantitative estimate of drug-likeness (QED) is 0.455. The predicted molar refractivity (Wildman–Crippen MR) is 124 cm³/mol. The number of rotatable bonds is 5. The molecule has 3 aromatic rings. The molecule has 7 nitrogen and oxygen atoms in total. The number of halogens is 3. The van der Waals surface area contributed by atoms with Crippen molar-refractivity contribution in [3.63, 3.8) is 0 Å². The molecule has 0 radical (unpaired) electrons. The van der Waals surface area contributed by atoms with E-state index in [1.807, 2.05) is 0 Å². The van der Waals surface area contributed by atoms with Gasteiger partial charge in [-0.3, -0.25) is 4.79 Å². The van der Waals surface area contributed by atoms with Gasteiger partial charge < -0.3 is 9.73 Å². The van der Waals surface area contributed by atoms with Crippen molar-refractivity contribution in [1.29, 1.82) is 0 Å². The van der Waals surface area contributed by atoms with Crippen LogP contribution in [0.15, 0.2) is 56.9 Å². The van der Waals surface area contributed by atoms with Crippen LogP contribution in [0, 0.1) is 12.7 Å². The number of anilines is 1. The third kappa shape index (κ3) is 5.05. The first-order valence-electron chi connectivity index (χ1n) is 9.88. The van der Waals surface area contributed by atoms with Crippen molar-refractivity contribution in [1.82, 2.24) is 4.83 Å². The number of nitrogens with one attached hydrogen (secondary N) is 2. The molecular weight excluding hydrogens is 492 g/mol. The average Bonchev–Trinajstić information content (AvgIpc) is 3.09. The summed E-state index contributed by atoms with van der Waals surface area (Å²) in [6.07, 6.45) is 1.74.